The van der Waals surface area contributed by atoms with E-state index in [-0.39, 0.29) is 5.25 Å². The van der Waals surface area contributed by atoms with Crippen molar-refractivity contribution in [2.75, 3.05) is 18.0 Å². The normalized spacial score (nSPS) is 17.1. The van der Waals surface area contributed by atoms with E-state index in [2.05, 4.69) is 14.3 Å². The Morgan fingerprint density at radius 3 is 2.43 bits per heavy atom. The van der Waals surface area contributed by atoms with Gasteiger partial charge in [0.25, 0.3) is 0 Å². The van der Waals surface area contributed by atoms with Crippen LogP contribution >= 0.6 is 11.5 Å². The SMILES string of the molecule is Cc1nsc(N2CCC(S(=O)(=O)c3ccccc3)CC2)n1. The number of sulfone groups is 1. The first-order valence-electron chi connectivity index (χ1n) is 6.91. The topological polar surface area (TPSA) is 63.2 Å². The van der Waals surface area contributed by atoms with Crippen LogP contribution in [0.2, 0.25) is 0 Å². The lowest BCUT2D eigenvalue weighted by Gasteiger charge is -2.31. The summed E-state index contributed by atoms with van der Waals surface area (Å²) in [5.41, 5.74) is 0. The summed E-state index contributed by atoms with van der Waals surface area (Å²) in [5.74, 6) is 0.772. The van der Waals surface area contributed by atoms with Crippen LogP contribution in [0, 0.1) is 6.92 Å². The van der Waals surface area contributed by atoms with Gasteiger partial charge in [-0.25, -0.2) is 13.4 Å². The van der Waals surface area contributed by atoms with E-state index in [1.54, 1.807) is 24.3 Å². The zero-order valence-electron chi connectivity index (χ0n) is 11.8. The molecule has 0 N–H and O–H groups in total. The average molecular weight is 323 g/mol. The Morgan fingerprint density at radius 2 is 1.86 bits per heavy atom. The molecule has 0 saturated carbocycles. The summed E-state index contributed by atoms with van der Waals surface area (Å²) in [5, 5.41) is 0.591. The largest absolute Gasteiger partial charge is 0.347 e. The van der Waals surface area contributed by atoms with Crippen molar-refractivity contribution >= 4 is 26.5 Å². The van der Waals surface area contributed by atoms with Crippen molar-refractivity contribution in [3.05, 3.63) is 36.2 Å². The summed E-state index contributed by atoms with van der Waals surface area (Å²) >= 11 is 1.38. The fourth-order valence-electron chi connectivity index (χ4n) is 2.57. The first-order valence-corrected chi connectivity index (χ1v) is 9.23. The van der Waals surface area contributed by atoms with Crippen molar-refractivity contribution in [1.82, 2.24) is 9.36 Å². The third-order valence-corrected chi connectivity index (χ3v) is 6.89. The van der Waals surface area contributed by atoms with Gasteiger partial charge in [0, 0.05) is 24.6 Å². The minimum absolute atomic E-state index is 0.301. The molecule has 0 spiro atoms. The van der Waals surface area contributed by atoms with Crippen molar-refractivity contribution in [3.8, 4) is 0 Å². The quantitative estimate of drug-likeness (QED) is 0.867. The predicted molar refractivity (Wildman–Crippen MR) is 83.5 cm³/mol. The molecule has 2 aromatic rings. The van der Waals surface area contributed by atoms with Gasteiger partial charge in [0.1, 0.15) is 5.82 Å². The molecule has 7 heteroatoms. The molecule has 1 fully saturated rings. The number of rotatable bonds is 3. The van der Waals surface area contributed by atoms with Crippen LogP contribution in [0.3, 0.4) is 0 Å². The molecular weight excluding hydrogens is 306 g/mol. The van der Waals surface area contributed by atoms with Crippen LogP contribution in [0.1, 0.15) is 18.7 Å². The number of hydrogen-bond donors (Lipinski definition) is 0. The van der Waals surface area contributed by atoms with Crippen molar-refractivity contribution in [2.24, 2.45) is 0 Å². The number of aromatic nitrogens is 2. The van der Waals surface area contributed by atoms with Crippen molar-refractivity contribution < 1.29 is 8.42 Å². The van der Waals surface area contributed by atoms with E-state index in [0.29, 0.717) is 30.8 Å². The molecular formula is C14H17N3O2S2. The predicted octanol–water partition coefficient (Wildman–Crippen LogP) is 2.29. The Bertz CT molecular complexity index is 705. The zero-order chi connectivity index (χ0) is 14.9. The standard InChI is InChI=1S/C14H17N3O2S2/c1-11-15-14(20-16-11)17-9-7-13(8-10-17)21(18,19)12-5-3-2-4-6-12/h2-6,13H,7-10H2,1H3. The molecule has 0 aliphatic carbocycles. The Labute approximate surface area is 128 Å². The van der Waals surface area contributed by atoms with Gasteiger partial charge in [-0.15, -0.1) is 0 Å². The Hall–Kier alpha value is -1.47. The monoisotopic (exact) mass is 323 g/mol. The average Bonchev–Trinajstić information content (AvgIpc) is 2.95. The van der Waals surface area contributed by atoms with Crippen LogP contribution in [0.25, 0.3) is 0 Å². The summed E-state index contributed by atoms with van der Waals surface area (Å²) in [4.78, 5) is 6.92. The van der Waals surface area contributed by atoms with E-state index in [9.17, 15) is 8.42 Å². The van der Waals surface area contributed by atoms with Gasteiger partial charge in [-0.1, -0.05) is 18.2 Å². The summed E-state index contributed by atoms with van der Waals surface area (Å²) in [6.07, 6.45) is 1.27. The van der Waals surface area contributed by atoms with Crippen LogP contribution in [-0.4, -0.2) is 36.1 Å². The first-order chi connectivity index (χ1) is 10.1. The molecule has 1 aliphatic heterocycles. The second kappa shape index (κ2) is 5.73. The highest BCUT2D eigenvalue weighted by atomic mass is 32.2. The highest BCUT2D eigenvalue weighted by Crippen LogP contribution is 2.27. The van der Waals surface area contributed by atoms with E-state index in [1.165, 1.54) is 11.5 Å². The van der Waals surface area contributed by atoms with Crippen LogP contribution in [-0.2, 0) is 9.84 Å². The van der Waals surface area contributed by atoms with E-state index >= 15 is 0 Å². The molecule has 0 radical (unpaired) electrons. The lowest BCUT2D eigenvalue weighted by molar-refractivity contribution is 0.529. The van der Waals surface area contributed by atoms with Gasteiger partial charge < -0.3 is 4.90 Å². The molecule has 5 nitrogen and oxygen atoms in total. The van der Waals surface area contributed by atoms with E-state index in [4.69, 9.17) is 0 Å². The summed E-state index contributed by atoms with van der Waals surface area (Å²) in [6, 6.07) is 8.73. The third kappa shape index (κ3) is 2.94. The fourth-order valence-corrected chi connectivity index (χ4v) is 5.05. The molecule has 0 amide bonds. The molecule has 0 bridgehead atoms. The maximum Gasteiger partial charge on any atom is 0.205 e. The Morgan fingerprint density at radius 1 is 1.19 bits per heavy atom. The number of piperidine rings is 1. The maximum atomic E-state index is 12.6. The molecule has 1 aliphatic rings. The van der Waals surface area contributed by atoms with E-state index in [1.807, 2.05) is 13.0 Å². The number of nitrogens with zero attached hydrogens (tertiary/aromatic N) is 3. The van der Waals surface area contributed by atoms with Crippen molar-refractivity contribution in [1.29, 1.82) is 0 Å². The van der Waals surface area contributed by atoms with Crippen LogP contribution in [0.5, 0.6) is 0 Å². The van der Waals surface area contributed by atoms with Crippen molar-refractivity contribution in [3.63, 3.8) is 0 Å². The minimum Gasteiger partial charge on any atom is -0.347 e. The molecule has 112 valence electrons. The molecule has 1 saturated heterocycles. The molecule has 0 atom stereocenters. The van der Waals surface area contributed by atoms with Gasteiger partial charge >= 0.3 is 0 Å². The number of hydrogen-bond acceptors (Lipinski definition) is 6. The van der Waals surface area contributed by atoms with E-state index < -0.39 is 9.84 Å². The molecule has 1 aromatic carbocycles. The number of anilines is 1. The van der Waals surface area contributed by atoms with E-state index in [0.717, 1.165) is 11.0 Å². The van der Waals surface area contributed by atoms with Crippen LogP contribution in [0.4, 0.5) is 5.13 Å². The number of benzene rings is 1. The highest BCUT2D eigenvalue weighted by molar-refractivity contribution is 7.92. The number of aryl methyl sites for hydroxylation is 1. The lowest BCUT2D eigenvalue weighted by atomic mass is 10.1. The highest BCUT2D eigenvalue weighted by Gasteiger charge is 2.31. The second-order valence-electron chi connectivity index (χ2n) is 5.17. The molecule has 21 heavy (non-hydrogen) atoms. The van der Waals surface area contributed by atoms with Crippen LogP contribution < -0.4 is 4.90 Å². The summed E-state index contributed by atoms with van der Waals surface area (Å²) in [6.45, 7) is 3.29. The van der Waals surface area contributed by atoms with Crippen molar-refractivity contribution in [2.45, 2.75) is 29.9 Å². The Kier molecular flexibility index (Phi) is 3.95. The molecule has 2 heterocycles. The summed E-state index contributed by atoms with van der Waals surface area (Å²) < 4.78 is 29.4. The first kappa shape index (κ1) is 14.5. The van der Waals surface area contributed by atoms with Crippen LogP contribution in [0.15, 0.2) is 35.2 Å². The zero-order valence-corrected chi connectivity index (χ0v) is 13.4. The van der Waals surface area contributed by atoms with Gasteiger partial charge in [0.05, 0.1) is 10.1 Å². The second-order valence-corrected chi connectivity index (χ2v) is 8.13. The minimum atomic E-state index is -3.22. The van der Waals surface area contributed by atoms with Gasteiger partial charge in [0.15, 0.2) is 9.84 Å². The van der Waals surface area contributed by atoms with Gasteiger partial charge in [-0.3, -0.25) is 0 Å². The lowest BCUT2D eigenvalue weighted by Crippen LogP contribution is -2.39. The molecule has 3 rings (SSSR count). The Balaban J connectivity index is 1.71. The fraction of sp³-hybridized carbons (Fsp3) is 0.429. The van der Waals surface area contributed by atoms with Gasteiger partial charge in [0.2, 0.25) is 5.13 Å². The van der Waals surface area contributed by atoms with Gasteiger partial charge in [-0.05, 0) is 31.9 Å². The third-order valence-electron chi connectivity index (χ3n) is 3.74. The van der Waals surface area contributed by atoms with Gasteiger partial charge in [-0.2, -0.15) is 4.37 Å². The maximum absolute atomic E-state index is 12.6. The molecule has 1 aromatic heterocycles. The smallest absolute Gasteiger partial charge is 0.205 e. The summed E-state index contributed by atoms with van der Waals surface area (Å²) in [7, 11) is -3.22. The molecule has 0 unspecified atom stereocenters.